The molecule has 0 saturated carbocycles. The number of carboxylic acids is 1. The molecule has 0 radical (unpaired) electrons. The number of carboxylic acid groups (broad SMARTS) is 1. The van der Waals surface area contributed by atoms with Crippen molar-refractivity contribution in [1.29, 1.82) is 0 Å². The van der Waals surface area contributed by atoms with Crippen LogP contribution in [0.5, 0.6) is 0 Å². The average molecular weight is 411 g/mol. The molecule has 1 aromatic heterocycles. The van der Waals surface area contributed by atoms with E-state index in [1.54, 1.807) is 28.8 Å². The number of benzene rings is 2. The number of aromatic nitrogens is 1. The highest BCUT2D eigenvalue weighted by Crippen LogP contribution is 2.32. The van der Waals surface area contributed by atoms with Gasteiger partial charge in [-0.05, 0) is 53.6 Å². The van der Waals surface area contributed by atoms with Crippen molar-refractivity contribution in [1.82, 2.24) is 4.57 Å². The molecule has 0 aliphatic heterocycles. The third-order valence-electron chi connectivity index (χ3n) is 5.45. The minimum absolute atomic E-state index is 0.188. The number of fused-ring (bicyclic) bond motifs is 1. The van der Waals surface area contributed by atoms with Gasteiger partial charge in [-0.3, -0.25) is 4.79 Å². The number of nitrogens with zero attached hydrogens (tertiary/aromatic N) is 1. The third-order valence-corrected chi connectivity index (χ3v) is 5.45. The molecule has 0 unspecified atom stereocenters. The number of hydrogen-bond acceptors (Lipinski definition) is 3. The molecular formula is C24H26FNO4. The minimum atomic E-state index is -1.29. The summed E-state index contributed by atoms with van der Waals surface area (Å²) in [6.07, 6.45) is 2.62. The molecule has 0 aliphatic carbocycles. The van der Waals surface area contributed by atoms with Gasteiger partial charge in [0, 0.05) is 11.6 Å². The molecule has 158 valence electrons. The number of aliphatic hydroxyl groups is 1. The maximum Gasteiger partial charge on any atom is 0.341 e. The van der Waals surface area contributed by atoms with E-state index in [4.69, 9.17) is 0 Å². The quantitative estimate of drug-likeness (QED) is 0.637. The largest absolute Gasteiger partial charge is 0.477 e. The maximum absolute atomic E-state index is 13.1. The van der Waals surface area contributed by atoms with Crippen LogP contribution in [0.3, 0.4) is 0 Å². The van der Waals surface area contributed by atoms with Gasteiger partial charge in [0.05, 0.1) is 18.2 Å². The van der Waals surface area contributed by atoms with Crippen molar-refractivity contribution in [3.05, 3.63) is 81.4 Å². The van der Waals surface area contributed by atoms with Crippen LogP contribution < -0.4 is 5.43 Å². The Morgan fingerprint density at radius 3 is 2.23 bits per heavy atom. The fourth-order valence-electron chi connectivity index (χ4n) is 3.69. The van der Waals surface area contributed by atoms with E-state index in [0.29, 0.717) is 23.7 Å². The van der Waals surface area contributed by atoms with E-state index >= 15 is 0 Å². The Morgan fingerprint density at radius 2 is 1.67 bits per heavy atom. The lowest BCUT2D eigenvalue weighted by molar-refractivity contribution is 0.0692. The molecule has 2 N–H and O–H groups in total. The molecule has 0 saturated heterocycles. The summed E-state index contributed by atoms with van der Waals surface area (Å²) in [5.41, 5.74) is 1.23. The molecule has 0 amide bonds. The highest BCUT2D eigenvalue weighted by Gasteiger charge is 2.28. The van der Waals surface area contributed by atoms with Gasteiger partial charge in [-0.15, -0.1) is 0 Å². The SMILES string of the molecule is CC(C)(C)[C@@H](CO)n1cc(C(=O)O)c(=O)c2cc(CCc3ccc(F)cc3)ccc21. The highest BCUT2D eigenvalue weighted by atomic mass is 19.1. The van der Waals surface area contributed by atoms with Crippen LogP contribution in [0.1, 0.15) is 48.3 Å². The second-order valence-electron chi connectivity index (χ2n) is 8.63. The molecule has 2 aromatic carbocycles. The van der Waals surface area contributed by atoms with E-state index in [1.165, 1.54) is 18.3 Å². The van der Waals surface area contributed by atoms with E-state index in [0.717, 1.165) is 11.1 Å². The monoisotopic (exact) mass is 411 g/mol. The summed E-state index contributed by atoms with van der Waals surface area (Å²) in [6, 6.07) is 11.3. The number of hydrogen-bond donors (Lipinski definition) is 2. The lowest BCUT2D eigenvalue weighted by atomic mass is 9.86. The first-order valence-electron chi connectivity index (χ1n) is 9.88. The zero-order valence-electron chi connectivity index (χ0n) is 17.4. The van der Waals surface area contributed by atoms with Gasteiger partial charge in [-0.1, -0.05) is 39.0 Å². The van der Waals surface area contributed by atoms with Gasteiger partial charge < -0.3 is 14.8 Å². The van der Waals surface area contributed by atoms with E-state index in [9.17, 15) is 24.2 Å². The predicted molar refractivity (Wildman–Crippen MR) is 115 cm³/mol. The Morgan fingerprint density at radius 1 is 1.07 bits per heavy atom. The second kappa shape index (κ2) is 8.40. The Bertz CT molecular complexity index is 1130. The standard InChI is InChI=1S/C24H26FNO4/c1-24(2,3)21(14-27)26-13-19(23(29)30)22(28)18-12-16(8-11-20(18)26)5-4-15-6-9-17(25)10-7-15/h6-13,21,27H,4-5,14H2,1-3H3,(H,29,30)/t21-/m1/s1. The van der Waals surface area contributed by atoms with Gasteiger partial charge in [0.25, 0.3) is 0 Å². The molecule has 6 heteroatoms. The van der Waals surface area contributed by atoms with Crippen LogP contribution in [-0.2, 0) is 12.8 Å². The van der Waals surface area contributed by atoms with Gasteiger partial charge in [0.15, 0.2) is 0 Å². The van der Waals surface area contributed by atoms with Crippen molar-refractivity contribution < 1.29 is 19.4 Å². The van der Waals surface area contributed by atoms with Crippen molar-refractivity contribution in [2.75, 3.05) is 6.61 Å². The maximum atomic E-state index is 13.1. The van der Waals surface area contributed by atoms with E-state index < -0.39 is 17.4 Å². The van der Waals surface area contributed by atoms with Gasteiger partial charge in [-0.25, -0.2) is 9.18 Å². The number of halogens is 1. The van der Waals surface area contributed by atoms with Crippen molar-refractivity contribution >= 4 is 16.9 Å². The van der Waals surface area contributed by atoms with Gasteiger partial charge in [0.1, 0.15) is 11.4 Å². The Labute approximate surface area is 174 Å². The minimum Gasteiger partial charge on any atom is -0.477 e. The third kappa shape index (κ3) is 4.44. The summed E-state index contributed by atoms with van der Waals surface area (Å²) in [6.45, 7) is 5.67. The van der Waals surface area contributed by atoms with Gasteiger partial charge in [0.2, 0.25) is 5.43 Å². The second-order valence-corrected chi connectivity index (χ2v) is 8.63. The molecule has 5 nitrogen and oxygen atoms in total. The Balaban J connectivity index is 2.09. The number of pyridine rings is 1. The molecule has 1 heterocycles. The summed E-state index contributed by atoms with van der Waals surface area (Å²) in [4.78, 5) is 24.5. The van der Waals surface area contributed by atoms with E-state index in [-0.39, 0.29) is 23.4 Å². The molecule has 0 fully saturated rings. The zero-order valence-corrected chi connectivity index (χ0v) is 17.4. The fourth-order valence-corrected chi connectivity index (χ4v) is 3.69. The van der Waals surface area contributed by atoms with Crippen molar-refractivity contribution in [3.8, 4) is 0 Å². The van der Waals surface area contributed by atoms with Crippen LogP contribution in [0.4, 0.5) is 4.39 Å². The fraction of sp³-hybridized carbons (Fsp3) is 0.333. The van der Waals surface area contributed by atoms with Gasteiger partial charge in [-0.2, -0.15) is 0 Å². The number of aromatic carboxylic acids is 1. The van der Waals surface area contributed by atoms with Crippen LogP contribution in [0, 0.1) is 11.2 Å². The first-order chi connectivity index (χ1) is 14.1. The lowest BCUT2D eigenvalue weighted by Gasteiger charge is -2.32. The number of aryl methyl sites for hydroxylation is 2. The van der Waals surface area contributed by atoms with Crippen LogP contribution in [0.2, 0.25) is 0 Å². The predicted octanol–water partition coefficient (Wildman–Crippen LogP) is 4.20. The van der Waals surface area contributed by atoms with Crippen LogP contribution in [-0.4, -0.2) is 27.4 Å². The van der Waals surface area contributed by atoms with E-state index in [1.807, 2.05) is 26.8 Å². The number of rotatable bonds is 6. The van der Waals surface area contributed by atoms with Crippen molar-refractivity contribution in [3.63, 3.8) is 0 Å². The van der Waals surface area contributed by atoms with Crippen molar-refractivity contribution in [2.24, 2.45) is 5.41 Å². The molecular weight excluding hydrogens is 385 g/mol. The number of aliphatic hydroxyl groups excluding tert-OH is 1. The lowest BCUT2D eigenvalue weighted by Crippen LogP contribution is -2.30. The highest BCUT2D eigenvalue weighted by molar-refractivity contribution is 5.92. The molecule has 30 heavy (non-hydrogen) atoms. The molecule has 3 aromatic rings. The first kappa shape index (κ1) is 21.7. The normalized spacial score (nSPS) is 12.8. The average Bonchev–Trinajstić information content (AvgIpc) is 2.68. The van der Waals surface area contributed by atoms with Crippen LogP contribution in [0.25, 0.3) is 10.9 Å². The molecule has 0 bridgehead atoms. The Kier molecular flexibility index (Phi) is 6.08. The van der Waals surface area contributed by atoms with Gasteiger partial charge >= 0.3 is 5.97 Å². The molecule has 0 spiro atoms. The molecule has 1 atom stereocenters. The first-order valence-corrected chi connectivity index (χ1v) is 9.88. The molecule has 0 aliphatic rings. The van der Waals surface area contributed by atoms with E-state index in [2.05, 4.69) is 0 Å². The summed E-state index contributed by atoms with van der Waals surface area (Å²) in [7, 11) is 0. The number of carbonyl (C=O) groups is 1. The summed E-state index contributed by atoms with van der Waals surface area (Å²) >= 11 is 0. The zero-order chi connectivity index (χ0) is 22.1. The summed E-state index contributed by atoms with van der Waals surface area (Å²) < 4.78 is 14.8. The summed E-state index contributed by atoms with van der Waals surface area (Å²) in [5, 5.41) is 19.8. The van der Waals surface area contributed by atoms with Crippen LogP contribution in [0.15, 0.2) is 53.5 Å². The topological polar surface area (TPSA) is 79.5 Å². The Hall–Kier alpha value is -2.99. The van der Waals surface area contributed by atoms with Crippen molar-refractivity contribution in [2.45, 2.75) is 39.7 Å². The van der Waals surface area contributed by atoms with Crippen LogP contribution >= 0.6 is 0 Å². The summed E-state index contributed by atoms with van der Waals surface area (Å²) in [5.74, 6) is -1.58. The smallest absolute Gasteiger partial charge is 0.341 e. The molecule has 3 rings (SSSR count).